The molecule has 1 fully saturated rings. The molecule has 2 rings (SSSR count). The Morgan fingerprint density at radius 1 is 1.24 bits per heavy atom. The van der Waals surface area contributed by atoms with Gasteiger partial charge in [-0.3, -0.25) is 4.99 Å². The number of guanidine groups is 1. The number of ether oxygens (including phenoxy) is 1. The number of aliphatic imine (C=N–C) groups is 1. The maximum Gasteiger partial charge on any atom is 0.191 e. The zero-order valence-corrected chi connectivity index (χ0v) is 16.6. The number of thioether (sulfide) groups is 1. The molecule has 0 saturated heterocycles. The van der Waals surface area contributed by atoms with Crippen molar-refractivity contribution in [3.63, 3.8) is 0 Å². The van der Waals surface area contributed by atoms with Crippen molar-refractivity contribution in [1.29, 1.82) is 0 Å². The number of rotatable bonds is 11. The fourth-order valence-corrected chi connectivity index (χ4v) is 3.86. The molecule has 0 spiro atoms. The normalized spacial score (nSPS) is 16.1. The van der Waals surface area contributed by atoms with E-state index in [-0.39, 0.29) is 0 Å². The predicted molar refractivity (Wildman–Crippen MR) is 108 cm³/mol. The van der Waals surface area contributed by atoms with Crippen LogP contribution in [0, 0.1) is 0 Å². The first-order valence-electron chi connectivity index (χ1n) is 9.03. The minimum atomic E-state index is 0.329. The number of likely N-dealkylation sites (N-methyl/N-ethyl adjacent to an activating group) is 1. The molecule has 0 atom stereocenters. The topological polar surface area (TPSA) is 48.9 Å². The molecule has 0 amide bonds. The second-order valence-corrected chi connectivity index (χ2v) is 8.14. The van der Waals surface area contributed by atoms with Gasteiger partial charge in [-0.25, -0.2) is 0 Å². The zero-order valence-electron chi connectivity index (χ0n) is 15.8. The Morgan fingerprint density at radius 3 is 2.64 bits per heavy atom. The summed E-state index contributed by atoms with van der Waals surface area (Å²) in [6, 6.07) is 10.7. The molecule has 0 bridgehead atoms. The molecule has 0 unspecified atom stereocenters. The summed E-state index contributed by atoms with van der Waals surface area (Å²) in [5.74, 6) is 0.894. The number of methoxy groups -OCH3 is 1. The van der Waals surface area contributed by atoms with Gasteiger partial charge in [0.1, 0.15) is 0 Å². The Kier molecular flexibility index (Phi) is 8.58. The Morgan fingerprint density at radius 2 is 2.00 bits per heavy atom. The van der Waals surface area contributed by atoms with Gasteiger partial charge in [-0.05, 0) is 38.4 Å². The van der Waals surface area contributed by atoms with Crippen LogP contribution in [0.15, 0.2) is 40.2 Å². The van der Waals surface area contributed by atoms with E-state index in [1.54, 1.807) is 7.11 Å². The Hall–Kier alpha value is -1.24. The number of benzene rings is 1. The van der Waals surface area contributed by atoms with Crippen LogP contribution in [0.2, 0.25) is 0 Å². The highest BCUT2D eigenvalue weighted by atomic mass is 32.2. The lowest BCUT2D eigenvalue weighted by Gasteiger charge is -2.20. The molecule has 0 heterocycles. The first-order chi connectivity index (χ1) is 12.2. The molecule has 0 radical (unpaired) electrons. The highest BCUT2D eigenvalue weighted by Crippen LogP contribution is 2.51. The molecule has 1 aliphatic rings. The molecule has 1 aromatic rings. The average molecular weight is 365 g/mol. The predicted octanol–water partition coefficient (Wildman–Crippen LogP) is 2.44. The number of hydrogen-bond acceptors (Lipinski definition) is 4. The standard InChI is InChI=1S/C19H32N4OS/c1-20-18(21-12-14-23(2)13-7-15-24-3)22-16-19(10-11-19)25-17-8-5-4-6-9-17/h4-6,8-9H,7,10-16H2,1-3H3,(H2,20,21,22). The molecule has 6 heteroatoms. The van der Waals surface area contributed by atoms with Crippen molar-refractivity contribution in [2.75, 3.05) is 54.0 Å². The van der Waals surface area contributed by atoms with Crippen LogP contribution in [0.1, 0.15) is 19.3 Å². The van der Waals surface area contributed by atoms with Crippen molar-refractivity contribution in [2.24, 2.45) is 4.99 Å². The maximum atomic E-state index is 5.09. The molecule has 140 valence electrons. The fourth-order valence-electron chi connectivity index (χ4n) is 2.61. The first-order valence-corrected chi connectivity index (χ1v) is 9.85. The molecule has 1 saturated carbocycles. The third-order valence-electron chi connectivity index (χ3n) is 4.36. The Balaban J connectivity index is 1.65. The minimum Gasteiger partial charge on any atom is -0.385 e. The van der Waals surface area contributed by atoms with Gasteiger partial charge in [0, 0.05) is 56.6 Å². The summed E-state index contributed by atoms with van der Waals surface area (Å²) in [4.78, 5) is 8.01. The second kappa shape index (κ2) is 10.7. The third kappa shape index (κ3) is 7.67. The Labute approximate surface area is 156 Å². The monoisotopic (exact) mass is 364 g/mol. The van der Waals surface area contributed by atoms with Crippen molar-refractivity contribution in [1.82, 2.24) is 15.5 Å². The molecule has 5 nitrogen and oxygen atoms in total. The summed E-state index contributed by atoms with van der Waals surface area (Å²) in [6.45, 7) is 4.72. The number of nitrogens with one attached hydrogen (secondary N) is 2. The van der Waals surface area contributed by atoms with Gasteiger partial charge in [0.25, 0.3) is 0 Å². The smallest absolute Gasteiger partial charge is 0.191 e. The largest absolute Gasteiger partial charge is 0.385 e. The molecular formula is C19H32N4OS. The molecule has 25 heavy (non-hydrogen) atoms. The zero-order chi connectivity index (χ0) is 18.0. The quantitative estimate of drug-likeness (QED) is 0.359. The van der Waals surface area contributed by atoms with Gasteiger partial charge >= 0.3 is 0 Å². The molecule has 0 aliphatic heterocycles. The van der Waals surface area contributed by atoms with E-state index in [1.807, 2.05) is 18.8 Å². The first kappa shape index (κ1) is 20.1. The van der Waals surface area contributed by atoms with E-state index >= 15 is 0 Å². The lowest BCUT2D eigenvalue weighted by atomic mass is 10.4. The van der Waals surface area contributed by atoms with Crippen LogP contribution in [0.5, 0.6) is 0 Å². The SMILES string of the molecule is CN=C(NCCN(C)CCCOC)NCC1(Sc2ccccc2)CC1. The van der Waals surface area contributed by atoms with E-state index in [4.69, 9.17) is 4.74 Å². The van der Waals surface area contributed by atoms with Crippen molar-refractivity contribution in [3.05, 3.63) is 30.3 Å². The van der Waals surface area contributed by atoms with Gasteiger partial charge in [-0.2, -0.15) is 0 Å². The average Bonchev–Trinajstić information content (AvgIpc) is 3.38. The van der Waals surface area contributed by atoms with E-state index in [0.717, 1.165) is 45.2 Å². The number of hydrogen-bond donors (Lipinski definition) is 2. The van der Waals surface area contributed by atoms with E-state index < -0.39 is 0 Å². The van der Waals surface area contributed by atoms with E-state index in [9.17, 15) is 0 Å². The highest BCUT2D eigenvalue weighted by molar-refractivity contribution is 8.01. The van der Waals surface area contributed by atoms with Crippen LogP contribution in [-0.4, -0.2) is 69.6 Å². The Bertz CT molecular complexity index is 519. The summed E-state index contributed by atoms with van der Waals surface area (Å²) in [7, 11) is 5.73. The summed E-state index contributed by atoms with van der Waals surface area (Å²) in [5, 5.41) is 6.91. The van der Waals surface area contributed by atoms with Crippen molar-refractivity contribution in [2.45, 2.75) is 28.9 Å². The van der Waals surface area contributed by atoms with Gasteiger partial charge in [0.05, 0.1) is 0 Å². The van der Waals surface area contributed by atoms with Gasteiger partial charge in [0.2, 0.25) is 0 Å². The molecule has 1 aromatic carbocycles. The summed E-state index contributed by atoms with van der Waals surface area (Å²) >= 11 is 1.98. The third-order valence-corrected chi connectivity index (χ3v) is 5.85. The van der Waals surface area contributed by atoms with Gasteiger partial charge in [0.15, 0.2) is 5.96 Å². The number of nitrogens with zero attached hydrogens (tertiary/aromatic N) is 2. The van der Waals surface area contributed by atoms with Crippen molar-refractivity contribution >= 4 is 17.7 Å². The highest BCUT2D eigenvalue weighted by Gasteiger charge is 2.43. The molecule has 1 aliphatic carbocycles. The van der Waals surface area contributed by atoms with E-state index in [0.29, 0.717) is 4.75 Å². The molecular weight excluding hydrogens is 332 g/mol. The van der Waals surface area contributed by atoms with Gasteiger partial charge in [-0.15, -0.1) is 11.8 Å². The molecule has 0 aromatic heterocycles. The van der Waals surface area contributed by atoms with E-state index in [2.05, 4.69) is 57.9 Å². The van der Waals surface area contributed by atoms with Crippen LogP contribution < -0.4 is 10.6 Å². The lowest BCUT2D eigenvalue weighted by Crippen LogP contribution is -2.43. The van der Waals surface area contributed by atoms with Crippen LogP contribution in [0.3, 0.4) is 0 Å². The summed E-state index contributed by atoms with van der Waals surface area (Å²) < 4.78 is 5.42. The summed E-state index contributed by atoms with van der Waals surface area (Å²) in [6.07, 6.45) is 3.59. The maximum absolute atomic E-state index is 5.09. The second-order valence-electron chi connectivity index (χ2n) is 6.60. The lowest BCUT2D eigenvalue weighted by molar-refractivity contribution is 0.180. The van der Waals surface area contributed by atoms with Crippen molar-refractivity contribution in [3.8, 4) is 0 Å². The minimum absolute atomic E-state index is 0.329. The summed E-state index contributed by atoms with van der Waals surface area (Å²) in [5.41, 5.74) is 0. The van der Waals surface area contributed by atoms with Gasteiger partial charge < -0.3 is 20.3 Å². The van der Waals surface area contributed by atoms with Crippen LogP contribution in [-0.2, 0) is 4.74 Å². The van der Waals surface area contributed by atoms with Gasteiger partial charge in [-0.1, -0.05) is 18.2 Å². The molecule has 2 N–H and O–H groups in total. The van der Waals surface area contributed by atoms with Crippen LogP contribution in [0.4, 0.5) is 0 Å². The van der Waals surface area contributed by atoms with E-state index in [1.165, 1.54) is 17.7 Å². The fraction of sp³-hybridized carbons (Fsp3) is 0.632. The van der Waals surface area contributed by atoms with Crippen LogP contribution in [0.25, 0.3) is 0 Å². The van der Waals surface area contributed by atoms with Crippen LogP contribution >= 0.6 is 11.8 Å². The van der Waals surface area contributed by atoms with Crippen molar-refractivity contribution < 1.29 is 4.74 Å².